The molecule has 2 N–H and O–H groups in total. The zero-order valence-corrected chi connectivity index (χ0v) is 8.19. The second-order valence-electron chi connectivity index (χ2n) is 2.60. The molecule has 16 heavy (non-hydrogen) atoms. The lowest BCUT2D eigenvalue weighted by atomic mass is 10.1. The number of nitro benzene ring substituents is 1. The lowest BCUT2D eigenvalue weighted by Crippen LogP contribution is -2.10. The Morgan fingerprint density at radius 3 is 2.31 bits per heavy atom. The molecule has 0 heterocycles. The number of benzene rings is 1. The Bertz CT molecular complexity index is 498. The van der Waals surface area contributed by atoms with Crippen LogP contribution in [0.2, 0.25) is 5.02 Å². The van der Waals surface area contributed by atoms with Crippen LogP contribution < -0.4 is 0 Å². The fourth-order valence-electron chi connectivity index (χ4n) is 1.06. The zero-order chi connectivity index (χ0) is 12.5. The number of carboxylic acids is 2. The summed E-state index contributed by atoms with van der Waals surface area (Å²) in [6, 6.07) is 2.91. The van der Waals surface area contributed by atoms with Gasteiger partial charge in [0, 0.05) is 6.07 Å². The second kappa shape index (κ2) is 4.15. The highest BCUT2D eigenvalue weighted by Crippen LogP contribution is 2.29. The molecule has 1 aromatic carbocycles. The van der Waals surface area contributed by atoms with Crippen LogP contribution in [0.25, 0.3) is 0 Å². The van der Waals surface area contributed by atoms with Gasteiger partial charge in [0.05, 0.1) is 9.95 Å². The molecule has 83 valence electrons. The largest absolute Gasteiger partial charge is 0.477 e. The highest BCUT2D eigenvalue weighted by molar-refractivity contribution is 6.34. The Hall–Kier alpha value is -2.15. The van der Waals surface area contributed by atoms with Gasteiger partial charge in [-0.1, -0.05) is 11.6 Å². The fourth-order valence-corrected chi connectivity index (χ4v) is 1.29. The molecule has 0 fully saturated rings. The van der Waals surface area contributed by atoms with E-state index < -0.39 is 38.7 Å². The molecule has 0 aromatic heterocycles. The summed E-state index contributed by atoms with van der Waals surface area (Å²) in [6.07, 6.45) is 0. The van der Waals surface area contributed by atoms with Crippen molar-refractivity contribution in [3.63, 3.8) is 0 Å². The van der Waals surface area contributed by atoms with Gasteiger partial charge in [0.25, 0.3) is 0 Å². The van der Waals surface area contributed by atoms with Crippen LogP contribution in [0, 0.1) is 16.2 Å². The summed E-state index contributed by atoms with van der Waals surface area (Å²) in [5, 5.41) is 27.5. The maximum Gasteiger partial charge on any atom is 0.344 e. The Morgan fingerprint density at radius 2 is 1.94 bits per heavy atom. The van der Waals surface area contributed by atoms with Gasteiger partial charge < -0.3 is 10.2 Å². The van der Waals surface area contributed by atoms with E-state index in [0.29, 0.717) is 0 Å². The van der Waals surface area contributed by atoms with Crippen LogP contribution in [0.3, 0.4) is 0 Å². The molecule has 0 unspecified atom stereocenters. The molecule has 0 saturated heterocycles. The molecule has 8 heteroatoms. The van der Waals surface area contributed by atoms with Crippen LogP contribution in [0.4, 0.5) is 5.69 Å². The van der Waals surface area contributed by atoms with E-state index in [1.54, 1.807) is 0 Å². The molecule has 0 aliphatic heterocycles. The molecule has 0 saturated carbocycles. The molecule has 1 aromatic rings. The molecule has 0 spiro atoms. The predicted molar refractivity (Wildman–Crippen MR) is 50.9 cm³/mol. The molecule has 0 atom stereocenters. The van der Waals surface area contributed by atoms with Crippen molar-refractivity contribution in [1.29, 1.82) is 0 Å². The third kappa shape index (κ3) is 1.94. The van der Waals surface area contributed by atoms with E-state index in [0.717, 1.165) is 6.07 Å². The van der Waals surface area contributed by atoms with E-state index in [1.807, 2.05) is 6.07 Å². The average Bonchev–Trinajstić information content (AvgIpc) is 2.15. The summed E-state index contributed by atoms with van der Waals surface area (Å²) in [5.74, 6) is -3.32. The van der Waals surface area contributed by atoms with Gasteiger partial charge in [-0.05, 0) is 6.07 Å². The van der Waals surface area contributed by atoms with E-state index in [1.165, 1.54) is 0 Å². The van der Waals surface area contributed by atoms with Gasteiger partial charge >= 0.3 is 17.6 Å². The first kappa shape index (κ1) is 11.9. The van der Waals surface area contributed by atoms with Gasteiger partial charge in [-0.3, -0.25) is 10.1 Å². The number of aromatic carboxylic acids is 2. The third-order valence-electron chi connectivity index (χ3n) is 1.67. The van der Waals surface area contributed by atoms with E-state index in [2.05, 4.69) is 0 Å². The van der Waals surface area contributed by atoms with E-state index in [-0.39, 0.29) is 0 Å². The minimum atomic E-state index is -1.67. The van der Waals surface area contributed by atoms with Gasteiger partial charge in [-0.15, -0.1) is 0 Å². The fraction of sp³-hybridized carbons (Fsp3) is 0. The van der Waals surface area contributed by atoms with Crippen molar-refractivity contribution < 1.29 is 24.7 Å². The lowest BCUT2D eigenvalue weighted by molar-refractivity contribution is -0.385. The van der Waals surface area contributed by atoms with Crippen LogP contribution in [-0.2, 0) is 0 Å². The minimum Gasteiger partial charge on any atom is -0.477 e. The maximum absolute atomic E-state index is 10.7. The first-order valence-corrected chi connectivity index (χ1v) is 4.09. The highest BCUT2D eigenvalue weighted by atomic mass is 35.5. The Morgan fingerprint density at radius 1 is 1.38 bits per heavy atom. The number of nitro groups is 1. The van der Waals surface area contributed by atoms with Gasteiger partial charge in [0.15, 0.2) is 5.56 Å². The second-order valence-corrected chi connectivity index (χ2v) is 3.01. The van der Waals surface area contributed by atoms with Crippen molar-refractivity contribution in [2.24, 2.45) is 0 Å². The number of carbonyl (C=O) groups is 2. The molecular weight excluding hydrogens is 242 g/mol. The van der Waals surface area contributed by atoms with Gasteiger partial charge in [0.1, 0.15) is 5.56 Å². The van der Waals surface area contributed by atoms with Crippen LogP contribution in [0.5, 0.6) is 0 Å². The summed E-state index contributed by atoms with van der Waals surface area (Å²) in [6.45, 7) is 0. The highest BCUT2D eigenvalue weighted by Gasteiger charge is 2.30. The first-order chi connectivity index (χ1) is 7.36. The molecule has 0 amide bonds. The minimum absolute atomic E-state index is 0.441. The number of carboxylic acid groups (broad SMARTS) is 2. The third-order valence-corrected chi connectivity index (χ3v) is 1.96. The van der Waals surface area contributed by atoms with Crippen molar-refractivity contribution in [2.45, 2.75) is 0 Å². The Balaban J connectivity index is 3.70. The molecule has 0 aliphatic carbocycles. The normalized spacial score (nSPS) is 9.81. The van der Waals surface area contributed by atoms with Crippen molar-refractivity contribution in [2.75, 3.05) is 0 Å². The number of hydrogen-bond donors (Lipinski definition) is 2. The van der Waals surface area contributed by atoms with Crippen molar-refractivity contribution >= 4 is 29.2 Å². The van der Waals surface area contributed by atoms with E-state index >= 15 is 0 Å². The van der Waals surface area contributed by atoms with Crippen LogP contribution in [-0.4, -0.2) is 27.1 Å². The van der Waals surface area contributed by atoms with E-state index in [9.17, 15) is 19.7 Å². The predicted octanol–water partition coefficient (Wildman–Crippen LogP) is 1.44. The maximum atomic E-state index is 10.7. The van der Waals surface area contributed by atoms with Crippen molar-refractivity contribution in [3.8, 4) is 0 Å². The molecule has 7 nitrogen and oxygen atoms in total. The first-order valence-electron chi connectivity index (χ1n) is 3.71. The van der Waals surface area contributed by atoms with Gasteiger partial charge in [-0.25, -0.2) is 9.59 Å². The lowest BCUT2D eigenvalue weighted by Gasteiger charge is -2.02. The summed E-state index contributed by atoms with van der Waals surface area (Å²) < 4.78 is 0. The monoisotopic (exact) mass is 244 g/mol. The Kier molecular flexibility index (Phi) is 3.09. The molecule has 1 rings (SSSR count). The standard InChI is InChI=1S/C8H3ClNO6/c9-4-2-1-3(7(11)12)6(10(15)16)5(4)8(13)14/h2H,(H,11,12)(H,13,14). The van der Waals surface area contributed by atoms with Gasteiger partial charge in [-0.2, -0.15) is 0 Å². The smallest absolute Gasteiger partial charge is 0.344 e. The van der Waals surface area contributed by atoms with E-state index in [4.69, 9.17) is 21.8 Å². The van der Waals surface area contributed by atoms with Crippen LogP contribution in [0.15, 0.2) is 6.07 Å². The molecule has 0 aliphatic rings. The number of halogens is 1. The van der Waals surface area contributed by atoms with Crippen molar-refractivity contribution in [1.82, 2.24) is 0 Å². The summed E-state index contributed by atoms with van der Waals surface area (Å²) in [7, 11) is 0. The van der Waals surface area contributed by atoms with Gasteiger partial charge in [0.2, 0.25) is 0 Å². The van der Waals surface area contributed by atoms with Crippen LogP contribution in [0.1, 0.15) is 20.7 Å². The number of hydrogen-bond acceptors (Lipinski definition) is 4. The molecule has 1 radical (unpaired) electrons. The van der Waals surface area contributed by atoms with Crippen LogP contribution >= 0.6 is 11.6 Å². The SMILES string of the molecule is O=C(O)c1[c]cc(Cl)c(C(=O)O)c1[N+](=O)[O-]. The quantitative estimate of drug-likeness (QED) is 0.613. The van der Waals surface area contributed by atoms with Crippen molar-refractivity contribution in [3.05, 3.63) is 38.4 Å². The summed E-state index contributed by atoms with van der Waals surface area (Å²) in [5.41, 5.74) is -2.78. The summed E-state index contributed by atoms with van der Waals surface area (Å²) in [4.78, 5) is 30.9. The topological polar surface area (TPSA) is 118 Å². The Labute approximate surface area is 93.0 Å². The average molecular weight is 245 g/mol. The number of nitrogens with zero attached hydrogens (tertiary/aromatic N) is 1. The zero-order valence-electron chi connectivity index (χ0n) is 7.43. The molecular formula is C8H3ClNO6. The number of rotatable bonds is 3. The summed E-state index contributed by atoms with van der Waals surface area (Å²) >= 11 is 5.44. The molecule has 0 bridgehead atoms.